The second-order valence-electron chi connectivity index (χ2n) is 11.0. The highest BCUT2D eigenvalue weighted by Crippen LogP contribution is 2.26. The monoisotopic (exact) mass is 647 g/mol. The molecule has 0 saturated heterocycles. The highest BCUT2D eigenvalue weighted by Gasteiger charge is 2.10. The standard InChI is InChI=1S/C35H43Cl2N7O/c1-4-7-20-38-32(45)24-26-13-18-30-27(23-26)15-17-29(40-30)16-12-25-14-19-31(44(5-2)6-3)28(22-25)11-9-8-10-21-39-35-42-33(36)41-34(37)43-35/h12-19,22-23H,4-11,20-21,24H2,1-3H3,(H,38,45)(H,39,41,42,43)/b16-12+. The van der Waals surface area contributed by atoms with Crippen molar-refractivity contribution in [3.8, 4) is 0 Å². The zero-order chi connectivity index (χ0) is 32.0. The Bertz CT molecular complexity index is 1570. The van der Waals surface area contributed by atoms with Crippen LogP contribution in [0.25, 0.3) is 23.1 Å². The molecule has 0 unspecified atom stereocenters. The molecule has 0 radical (unpaired) electrons. The van der Waals surface area contributed by atoms with Crippen LogP contribution in [0.1, 0.15) is 75.3 Å². The number of unbranched alkanes of at least 4 members (excludes halogenated alkanes) is 3. The molecule has 45 heavy (non-hydrogen) atoms. The number of halogens is 2. The van der Waals surface area contributed by atoms with E-state index in [2.05, 4.69) is 93.7 Å². The Balaban J connectivity index is 1.37. The number of hydrogen-bond donors (Lipinski definition) is 2. The summed E-state index contributed by atoms with van der Waals surface area (Å²) in [6.07, 6.45) is 10.7. The van der Waals surface area contributed by atoms with E-state index >= 15 is 0 Å². The summed E-state index contributed by atoms with van der Waals surface area (Å²) < 4.78 is 0. The van der Waals surface area contributed by atoms with Crippen molar-refractivity contribution in [1.29, 1.82) is 0 Å². The van der Waals surface area contributed by atoms with Crippen LogP contribution in [-0.4, -0.2) is 52.0 Å². The summed E-state index contributed by atoms with van der Waals surface area (Å²) in [6.45, 7) is 9.90. The van der Waals surface area contributed by atoms with Gasteiger partial charge in [-0.1, -0.05) is 44.0 Å². The first-order valence-electron chi connectivity index (χ1n) is 15.9. The third-order valence-corrected chi connectivity index (χ3v) is 7.97. The van der Waals surface area contributed by atoms with Gasteiger partial charge < -0.3 is 15.5 Å². The van der Waals surface area contributed by atoms with Gasteiger partial charge >= 0.3 is 0 Å². The molecule has 2 aromatic heterocycles. The van der Waals surface area contributed by atoms with Crippen LogP contribution < -0.4 is 15.5 Å². The van der Waals surface area contributed by atoms with Crippen LogP contribution in [0.3, 0.4) is 0 Å². The first kappa shape index (κ1) is 34.1. The summed E-state index contributed by atoms with van der Waals surface area (Å²) in [4.78, 5) is 31.4. The van der Waals surface area contributed by atoms with Gasteiger partial charge in [0, 0.05) is 37.3 Å². The summed E-state index contributed by atoms with van der Waals surface area (Å²) in [5, 5.41) is 7.36. The maximum atomic E-state index is 12.2. The normalized spacial score (nSPS) is 11.3. The Hall–Kier alpha value is -3.75. The zero-order valence-corrected chi connectivity index (χ0v) is 28.0. The van der Waals surface area contributed by atoms with Crippen molar-refractivity contribution in [3.63, 3.8) is 0 Å². The minimum atomic E-state index is 0.0614. The summed E-state index contributed by atoms with van der Waals surface area (Å²) in [7, 11) is 0. The van der Waals surface area contributed by atoms with Crippen molar-refractivity contribution in [2.24, 2.45) is 0 Å². The molecular weight excluding hydrogens is 605 g/mol. The van der Waals surface area contributed by atoms with E-state index in [9.17, 15) is 4.79 Å². The zero-order valence-electron chi connectivity index (χ0n) is 26.5. The second kappa shape index (κ2) is 17.7. The topological polar surface area (TPSA) is 95.9 Å². The first-order valence-corrected chi connectivity index (χ1v) is 16.7. The minimum Gasteiger partial charge on any atom is -0.372 e. The van der Waals surface area contributed by atoms with Crippen LogP contribution in [0.2, 0.25) is 10.6 Å². The molecule has 2 heterocycles. The molecule has 0 aliphatic carbocycles. The average Bonchev–Trinajstić information content (AvgIpc) is 3.02. The van der Waals surface area contributed by atoms with Crippen molar-refractivity contribution in [3.05, 3.63) is 81.5 Å². The Morgan fingerprint density at radius 3 is 2.38 bits per heavy atom. The quantitative estimate of drug-likeness (QED) is 0.112. The van der Waals surface area contributed by atoms with Crippen molar-refractivity contribution in [2.45, 2.75) is 65.7 Å². The largest absolute Gasteiger partial charge is 0.372 e. The van der Waals surface area contributed by atoms with Crippen LogP contribution in [0, 0.1) is 0 Å². The number of nitrogens with one attached hydrogen (secondary N) is 2. The number of aryl methyl sites for hydroxylation is 1. The summed E-state index contributed by atoms with van der Waals surface area (Å²) in [5.41, 5.74) is 6.61. The molecule has 0 aliphatic heterocycles. The van der Waals surface area contributed by atoms with Gasteiger partial charge in [0.2, 0.25) is 22.4 Å². The van der Waals surface area contributed by atoms with Gasteiger partial charge in [-0.3, -0.25) is 4.79 Å². The van der Waals surface area contributed by atoms with E-state index in [-0.39, 0.29) is 16.5 Å². The number of carbonyl (C=O) groups excluding carboxylic acids is 1. The fraction of sp³-hybridized carbons (Fsp3) is 0.400. The molecular formula is C35H43Cl2N7O. The molecule has 4 rings (SSSR count). The highest BCUT2D eigenvalue weighted by atomic mass is 35.5. The number of pyridine rings is 1. The van der Waals surface area contributed by atoms with E-state index in [0.717, 1.165) is 92.4 Å². The van der Waals surface area contributed by atoms with E-state index in [1.807, 2.05) is 18.2 Å². The van der Waals surface area contributed by atoms with Gasteiger partial charge in [-0.2, -0.15) is 15.0 Å². The molecule has 0 bridgehead atoms. The SMILES string of the molecule is CCCCNC(=O)Cc1ccc2nc(/C=C/c3ccc(N(CC)CC)c(CCCCCNc4nc(Cl)nc(Cl)n4)c3)ccc2c1. The second-order valence-corrected chi connectivity index (χ2v) is 11.6. The molecule has 10 heteroatoms. The van der Waals surface area contributed by atoms with E-state index < -0.39 is 0 Å². The van der Waals surface area contributed by atoms with Crippen LogP contribution in [0.15, 0.2) is 48.5 Å². The number of anilines is 2. The van der Waals surface area contributed by atoms with Gasteiger partial charge in [0.05, 0.1) is 17.6 Å². The summed E-state index contributed by atoms with van der Waals surface area (Å²) in [5.74, 6) is 0.461. The lowest BCUT2D eigenvalue weighted by Crippen LogP contribution is -2.25. The molecule has 2 N–H and O–H groups in total. The third kappa shape index (κ3) is 10.7. The van der Waals surface area contributed by atoms with E-state index in [4.69, 9.17) is 28.2 Å². The molecule has 1 amide bonds. The van der Waals surface area contributed by atoms with Gasteiger partial charge in [-0.05, 0) is 116 Å². The minimum absolute atomic E-state index is 0.0614. The van der Waals surface area contributed by atoms with E-state index in [1.54, 1.807) is 0 Å². The van der Waals surface area contributed by atoms with Gasteiger partial charge in [-0.15, -0.1) is 0 Å². The highest BCUT2D eigenvalue weighted by molar-refractivity contribution is 6.31. The maximum absolute atomic E-state index is 12.2. The van der Waals surface area contributed by atoms with Crippen molar-refractivity contribution >= 4 is 63.8 Å². The fourth-order valence-electron chi connectivity index (χ4n) is 5.23. The Morgan fingerprint density at radius 2 is 1.62 bits per heavy atom. The smallest absolute Gasteiger partial charge is 0.228 e. The van der Waals surface area contributed by atoms with Crippen molar-refractivity contribution in [1.82, 2.24) is 25.3 Å². The fourth-order valence-corrected chi connectivity index (χ4v) is 5.60. The molecule has 238 valence electrons. The van der Waals surface area contributed by atoms with E-state index in [0.29, 0.717) is 12.4 Å². The number of fused-ring (bicyclic) bond motifs is 1. The average molecular weight is 649 g/mol. The number of aromatic nitrogens is 4. The molecule has 0 spiro atoms. The van der Waals surface area contributed by atoms with Crippen LogP contribution >= 0.6 is 23.2 Å². The summed E-state index contributed by atoms with van der Waals surface area (Å²) >= 11 is 11.7. The van der Waals surface area contributed by atoms with Gasteiger partial charge in [0.1, 0.15) is 0 Å². The van der Waals surface area contributed by atoms with Crippen LogP contribution in [0.4, 0.5) is 11.6 Å². The predicted octanol–water partition coefficient (Wildman–Crippen LogP) is 8.03. The number of nitrogens with zero attached hydrogens (tertiary/aromatic N) is 5. The molecule has 0 saturated carbocycles. The van der Waals surface area contributed by atoms with Gasteiger partial charge in [-0.25, -0.2) is 4.98 Å². The maximum Gasteiger partial charge on any atom is 0.228 e. The lowest BCUT2D eigenvalue weighted by Gasteiger charge is -2.24. The van der Waals surface area contributed by atoms with Gasteiger partial charge in [0.25, 0.3) is 0 Å². The molecule has 8 nitrogen and oxygen atoms in total. The first-order chi connectivity index (χ1) is 21.9. The predicted molar refractivity (Wildman–Crippen MR) is 188 cm³/mol. The van der Waals surface area contributed by atoms with Crippen LogP contribution in [-0.2, 0) is 17.6 Å². The Kier molecular flexibility index (Phi) is 13.4. The number of hydrogen-bond acceptors (Lipinski definition) is 7. The Labute approximate surface area is 276 Å². The van der Waals surface area contributed by atoms with Crippen molar-refractivity contribution < 1.29 is 4.79 Å². The lowest BCUT2D eigenvalue weighted by atomic mass is 10.0. The lowest BCUT2D eigenvalue weighted by molar-refractivity contribution is -0.120. The van der Waals surface area contributed by atoms with Gasteiger partial charge in [0.15, 0.2) is 0 Å². The number of benzene rings is 2. The number of rotatable bonds is 17. The number of carbonyl (C=O) groups is 1. The third-order valence-electron chi connectivity index (χ3n) is 7.63. The van der Waals surface area contributed by atoms with Crippen LogP contribution in [0.5, 0.6) is 0 Å². The molecule has 0 atom stereocenters. The Morgan fingerprint density at radius 1 is 0.822 bits per heavy atom. The molecule has 4 aromatic rings. The molecule has 0 aliphatic rings. The molecule has 2 aromatic carbocycles. The summed E-state index contributed by atoms with van der Waals surface area (Å²) in [6, 6.07) is 16.9. The molecule has 0 fully saturated rings. The van der Waals surface area contributed by atoms with E-state index in [1.165, 1.54) is 11.3 Å². The number of amides is 1. The van der Waals surface area contributed by atoms with Crippen molar-refractivity contribution in [2.75, 3.05) is 36.4 Å².